The number of nitrogens with zero attached hydrogens (tertiary/aromatic N) is 1. The van der Waals surface area contributed by atoms with Crippen LogP contribution in [0, 0.1) is 0 Å². The van der Waals surface area contributed by atoms with Gasteiger partial charge in [-0.1, -0.05) is 35.3 Å². The van der Waals surface area contributed by atoms with Gasteiger partial charge in [0.15, 0.2) is 0 Å². The lowest BCUT2D eigenvalue weighted by atomic mass is 10.1. The maximum atomic E-state index is 12.7. The fourth-order valence-electron chi connectivity index (χ4n) is 2.89. The number of benzene rings is 2. The average molecular weight is 426 g/mol. The number of carbonyl (C=O) groups is 1. The topological polar surface area (TPSA) is 94.2 Å². The molecule has 9 heteroatoms. The van der Waals surface area contributed by atoms with Crippen molar-refractivity contribution >= 4 is 50.0 Å². The number of amides is 1. The van der Waals surface area contributed by atoms with E-state index in [0.717, 1.165) is 10.9 Å². The number of hydrogen-bond donors (Lipinski definition) is 2. The highest BCUT2D eigenvalue weighted by Crippen LogP contribution is 2.26. The van der Waals surface area contributed by atoms with Crippen molar-refractivity contribution in [1.82, 2.24) is 9.88 Å². The Kier molecular flexibility index (Phi) is 5.22. The first-order chi connectivity index (χ1) is 12.6. The summed E-state index contributed by atoms with van der Waals surface area (Å²) < 4.78 is 24.7. The number of nitrogens with two attached hydrogens (primary N) is 1. The van der Waals surface area contributed by atoms with Gasteiger partial charge in [-0.05, 0) is 42.8 Å². The van der Waals surface area contributed by atoms with Gasteiger partial charge in [-0.3, -0.25) is 4.79 Å². The van der Waals surface area contributed by atoms with E-state index in [0.29, 0.717) is 16.3 Å². The molecule has 3 aromatic rings. The van der Waals surface area contributed by atoms with Crippen LogP contribution in [0.25, 0.3) is 10.9 Å². The van der Waals surface area contributed by atoms with E-state index >= 15 is 0 Å². The summed E-state index contributed by atoms with van der Waals surface area (Å²) in [5.74, 6) is -0.274. The molecule has 0 aliphatic rings. The summed E-state index contributed by atoms with van der Waals surface area (Å²) in [5, 5.41) is 9.50. The number of rotatable bonds is 4. The van der Waals surface area contributed by atoms with Crippen molar-refractivity contribution in [3.63, 3.8) is 0 Å². The Balaban J connectivity index is 1.86. The summed E-state index contributed by atoms with van der Waals surface area (Å²) >= 11 is 12.0. The Bertz CT molecular complexity index is 1160. The standard InChI is InChI=1S/C18H17Cl2N3O3S/c1-10(11-4-6-17(14(20)7-11)27(21,25)26)22-18(24)16-8-12-3-5-13(19)9-15(12)23(16)2/h3-10H,1-2H3,(H,22,24)(H2,21,25,26). The Morgan fingerprint density at radius 2 is 1.85 bits per heavy atom. The minimum Gasteiger partial charge on any atom is -0.344 e. The number of carbonyl (C=O) groups excluding carboxylic acids is 1. The third-order valence-corrected chi connectivity index (χ3v) is 5.98. The van der Waals surface area contributed by atoms with Crippen molar-refractivity contribution in [2.75, 3.05) is 0 Å². The maximum absolute atomic E-state index is 12.7. The second-order valence-electron chi connectivity index (χ2n) is 6.22. The normalized spacial score (nSPS) is 12.9. The second kappa shape index (κ2) is 7.16. The molecule has 0 saturated carbocycles. The fourth-order valence-corrected chi connectivity index (χ4v) is 4.16. The minimum absolute atomic E-state index is 0.00958. The van der Waals surface area contributed by atoms with Gasteiger partial charge in [-0.2, -0.15) is 0 Å². The van der Waals surface area contributed by atoms with Gasteiger partial charge in [0.2, 0.25) is 10.0 Å². The van der Waals surface area contributed by atoms with Crippen LogP contribution in [0.15, 0.2) is 47.4 Å². The number of nitrogens with one attached hydrogen (secondary N) is 1. The Morgan fingerprint density at radius 3 is 2.48 bits per heavy atom. The Labute approximate surface area is 166 Å². The summed E-state index contributed by atoms with van der Waals surface area (Å²) in [6, 6.07) is 11.2. The molecule has 0 bridgehead atoms. The number of halogens is 2. The lowest BCUT2D eigenvalue weighted by Gasteiger charge is -2.16. The average Bonchev–Trinajstić information content (AvgIpc) is 2.90. The van der Waals surface area contributed by atoms with E-state index in [2.05, 4.69) is 5.32 Å². The summed E-state index contributed by atoms with van der Waals surface area (Å²) in [6.45, 7) is 1.78. The third-order valence-electron chi connectivity index (χ3n) is 4.35. The van der Waals surface area contributed by atoms with Gasteiger partial charge in [0.1, 0.15) is 10.6 Å². The molecule has 1 atom stereocenters. The number of sulfonamides is 1. The van der Waals surface area contributed by atoms with Crippen LogP contribution in [-0.2, 0) is 17.1 Å². The second-order valence-corrected chi connectivity index (χ2v) is 8.60. The maximum Gasteiger partial charge on any atom is 0.268 e. The summed E-state index contributed by atoms with van der Waals surface area (Å²) in [6.07, 6.45) is 0. The zero-order chi connectivity index (χ0) is 19.9. The molecule has 0 radical (unpaired) electrons. The van der Waals surface area contributed by atoms with Gasteiger partial charge in [0.25, 0.3) is 5.91 Å². The SMILES string of the molecule is CC(NC(=O)c1cc2ccc(Cl)cc2n1C)c1ccc(S(N)(=O)=O)c(Cl)c1. The molecule has 3 rings (SSSR count). The zero-order valence-corrected chi connectivity index (χ0v) is 16.9. The van der Waals surface area contributed by atoms with Crippen LogP contribution >= 0.6 is 23.2 Å². The number of hydrogen-bond acceptors (Lipinski definition) is 3. The van der Waals surface area contributed by atoms with Crippen molar-refractivity contribution in [2.45, 2.75) is 17.9 Å². The molecule has 1 aromatic heterocycles. The van der Waals surface area contributed by atoms with E-state index < -0.39 is 16.1 Å². The summed E-state index contributed by atoms with van der Waals surface area (Å²) in [5.41, 5.74) is 1.98. The van der Waals surface area contributed by atoms with Crippen LogP contribution in [0.5, 0.6) is 0 Å². The Morgan fingerprint density at radius 1 is 1.15 bits per heavy atom. The van der Waals surface area contributed by atoms with Gasteiger partial charge >= 0.3 is 0 Å². The van der Waals surface area contributed by atoms with Gasteiger partial charge in [0.05, 0.1) is 11.1 Å². The van der Waals surface area contributed by atoms with Crippen LogP contribution in [0.4, 0.5) is 0 Å². The van der Waals surface area contributed by atoms with E-state index in [1.165, 1.54) is 12.1 Å². The predicted molar refractivity (Wildman–Crippen MR) is 107 cm³/mol. The van der Waals surface area contributed by atoms with Crippen molar-refractivity contribution in [1.29, 1.82) is 0 Å². The highest BCUT2D eigenvalue weighted by Gasteiger charge is 2.19. The largest absolute Gasteiger partial charge is 0.344 e. The monoisotopic (exact) mass is 425 g/mol. The van der Waals surface area contributed by atoms with Crippen molar-refractivity contribution in [3.05, 3.63) is 63.8 Å². The first-order valence-corrected chi connectivity index (χ1v) is 10.3. The number of aryl methyl sites for hydroxylation is 1. The summed E-state index contributed by atoms with van der Waals surface area (Å²) in [7, 11) is -2.11. The van der Waals surface area contributed by atoms with Crippen molar-refractivity contribution < 1.29 is 13.2 Å². The first-order valence-electron chi connectivity index (χ1n) is 7.96. The fraction of sp³-hybridized carbons (Fsp3) is 0.167. The number of aromatic nitrogens is 1. The molecule has 6 nitrogen and oxygen atoms in total. The Hall–Kier alpha value is -2.06. The molecule has 1 unspecified atom stereocenters. The molecule has 142 valence electrons. The van der Waals surface area contributed by atoms with Gasteiger partial charge in [0, 0.05) is 23.0 Å². The van der Waals surface area contributed by atoms with E-state index in [1.807, 2.05) is 6.07 Å². The molecule has 3 N–H and O–H groups in total. The highest BCUT2D eigenvalue weighted by molar-refractivity contribution is 7.89. The molecule has 2 aromatic carbocycles. The molecule has 0 spiro atoms. The van der Waals surface area contributed by atoms with E-state index in [9.17, 15) is 13.2 Å². The third kappa shape index (κ3) is 3.96. The van der Waals surface area contributed by atoms with Crippen LogP contribution < -0.4 is 10.5 Å². The van der Waals surface area contributed by atoms with Crippen molar-refractivity contribution in [3.8, 4) is 0 Å². The molecule has 27 heavy (non-hydrogen) atoms. The molecule has 0 aliphatic heterocycles. The van der Waals surface area contributed by atoms with Crippen LogP contribution in [0.3, 0.4) is 0 Å². The predicted octanol–water partition coefficient (Wildman–Crippen LogP) is 3.62. The molecule has 1 amide bonds. The van der Waals surface area contributed by atoms with Gasteiger partial charge < -0.3 is 9.88 Å². The van der Waals surface area contributed by atoms with Gasteiger partial charge in [-0.15, -0.1) is 0 Å². The van der Waals surface area contributed by atoms with Crippen molar-refractivity contribution in [2.24, 2.45) is 12.2 Å². The number of primary sulfonamides is 1. The minimum atomic E-state index is -3.90. The van der Waals surface area contributed by atoms with Crippen LogP contribution in [0.1, 0.15) is 29.0 Å². The van der Waals surface area contributed by atoms with Crippen LogP contribution in [-0.4, -0.2) is 18.9 Å². The first kappa shape index (κ1) is 19.7. The lowest BCUT2D eigenvalue weighted by molar-refractivity contribution is 0.0932. The van der Waals surface area contributed by atoms with E-state index in [1.54, 1.807) is 42.8 Å². The molecule has 0 saturated heterocycles. The number of fused-ring (bicyclic) bond motifs is 1. The van der Waals surface area contributed by atoms with E-state index in [4.69, 9.17) is 28.3 Å². The molecular weight excluding hydrogens is 409 g/mol. The zero-order valence-electron chi connectivity index (χ0n) is 14.5. The molecule has 0 aliphatic carbocycles. The lowest BCUT2D eigenvalue weighted by Crippen LogP contribution is -2.28. The molecular formula is C18H17Cl2N3O3S. The summed E-state index contributed by atoms with van der Waals surface area (Å²) in [4.78, 5) is 12.5. The smallest absolute Gasteiger partial charge is 0.268 e. The van der Waals surface area contributed by atoms with Gasteiger partial charge in [-0.25, -0.2) is 13.6 Å². The highest BCUT2D eigenvalue weighted by atomic mass is 35.5. The quantitative estimate of drug-likeness (QED) is 0.667. The molecule has 1 heterocycles. The van der Waals surface area contributed by atoms with Crippen LogP contribution in [0.2, 0.25) is 10.0 Å². The molecule has 0 fully saturated rings. The van der Waals surface area contributed by atoms with E-state index in [-0.39, 0.29) is 15.8 Å².